The predicted octanol–water partition coefficient (Wildman–Crippen LogP) is 2.84. The zero-order valence-electron chi connectivity index (χ0n) is 14.6. The molecule has 27 heavy (non-hydrogen) atoms. The summed E-state index contributed by atoms with van der Waals surface area (Å²) in [5.41, 5.74) is -0.695. The summed E-state index contributed by atoms with van der Waals surface area (Å²) in [6, 6.07) is 15.8. The van der Waals surface area contributed by atoms with Gasteiger partial charge in [0.15, 0.2) is 5.54 Å². The van der Waals surface area contributed by atoms with Crippen LogP contribution in [0.2, 0.25) is 0 Å². The number of nitrogens with zero attached hydrogens (tertiary/aromatic N) is 1. The topological polar surface area (TPSA) is 91.7 Å². The molecule has 0 bridgehead atoms. The standard InChI is InChI=1S/C20H17N3O4/c1-20(16-10-5-11-27-16)18(25)23(19(26)22-20)12-17(24)21-15-9-4-7-13-6-2-3-8-14(13)15/h2-11H,12H2,1H3,(H,21,24)(H,22,26). The molecule has 4 amide bonds. The van der Waals surface area contributed by atoms with Crippen LogP contribution in [0.5, 0.6) is 0 Å². The van der Waals surface area contributed by atoms with Crippen LogP contribution in [0, 0.1) is 0 Å². The number of rotatable bonds is 4. The van der Waals surface area contributed by atoms with E-state index in [4.69, 9.17) is 4.42 Å². The van der Waals surface area contributed by atoms with Gasteiger partial charge in [0.2, 0.25) is 5.91 Å². The lowest BCUT2D eigenvalue weighted by Crippen LogP contribution is -2.41. The van der Waals surface area contributed by atoms with Crippen LogP contribution in [0.1, 0.15) is 12.7 Å². The van der Waals surface area contributed by atoms with Crippen molar-refractivity contribution >= 4 is 34.3 Å². The molecule has 7 heteroatoms. The molecule has 1 unspecified atom stereocenters. The van der Waals surface area contributed by atoms with Crippen molar-refractivity contribution in [2.75, 3.05) is 11.9 Å². The first-order valence-electron chi connectivity index (χ1n) is 8.45. The van der Waals surface area contributed by atoms with Gasteiger partial charge in [0, 0.05) is 11.1 Å². The van der Waals surface area contributed by atoms with E-state index in [0.717, 1.165) is 15.7 Å². The third kappa shape index (κ3) is 2.83. The maximum absolute atomic E-state index is 12.7. The van der Waals surface area contributed by atoms with Crippen LogP contribution < -0.4 is 10.6 Å². The van der Waals surface area contributed by atoms with Gasteiger partial charge in [-0.25, -0.2) is 4.79 Å². The molecule has 0 aliphatic carbocycles. The summed E-state index contributed by atoms with van der Waals surface area (Å²) in [7, 11) is 0. The van der Waals surface area contributed by atoms with E-state index in [0.29, 0.717) is 11.4 Å². The van der Waals surface area contributed by atoms with Gasteiger partial charge in [0.1, 0.15) is 12.3 Å². The van der Waals surface area contributed by atoms with Crippen LogP contribution >= 0.6 is 0 Å². The number of imide groups is 1. The monoisotopic (exact) mass is 363 g/mol. The fraction of sp³-hybridized carbons (Fsp3) is 0.150. The first-order chi connectivity index (χ1) is 13.0. The second-order valence-corrected chi connectivity index (χ2v) is 6.50. The Kier molecular flexibility index (Phi) is 3.92. The van der Waals surface area contributed by atoms with E-state index >= 15 is 0 Å². The van der Waals surface area contributed by atoms with E-state index in [9.17, 15) is 14.4 Å². The fourth-order valence-electron chi connectivity index (χ4n) is 3.24. The highest BCUT2D eigenvalue weighted by atomic mass is 16.3. The molecule has 1 aromatic heterocycles. The van der Waals surface area contributed by atoms with Crippen molar-refractivity contribution in [1.82, 2.24) is 10.2 Å². The van der Waals surface area contributed by atoms with E-state index in [1.807, 2.05) is 36.4 Å². The van der Waals surface area contributed by atoms with Crippen molar-refractivity contribution in [2.45, 2.75) is 12.5 Å². The highest BCUT2D eigenvalue weighted by molar-refractivity contribution is 6.11. The number of carbonyl (C=O) groups is 3. The lowest BCUT2D eigenvalue weighted by atomic mass is 9.99. The lowest BCUT2D eigenvalue weighted by Gasteiger charge is -2.19. The first-order valence-corrected chi connectivity index (χ1v) is 8.45. The van der Waals surface area contributed by atoms with Gasteiger partial charge in [-0.2, -0.15) is 0 Å². The van der Waals surface area contributed by atoms with E-state index in [-0.39, 0.29) is 6.54 Å². The SMILES string of the molecule is CC1(c2ccco2)NC(=O)N(CC(=O)Nc2cccc3ccccc23)C1=O. The highest BCUT2D eigenvalue weighted by Crippen LogP contribution is 2.29. The summed E-state index contributed by atoms with van der Waals surface area (Å²) >= 11 is 0. The Morgan fingerprint density at radius 3 is 2.67 bits per heavy atom. The number of fused-ring (bicyclic) bond motifs is 1. The van der Waals surface area contributed by atoms with Crippen molar-refractivity contribution in [1.29, 1.82) is 0 Å². The molecule has 0 radical (unpaired) electrons. The molecular formula is C20H17N3O4. The fourth-order valence-corrected chi connectivity index (χ4v) is 3.24. The molecular weight excluding hydrogens is 346 g/mol. The zero-order chi connectivity index (χ0) is 19.0. The summed E-state index contributed by atoms with van der Waals surface area (Å²) in [6.07, 6.45) is 1.43. The van der Waals surface area contributed by atoms with Gasteiger partial charge >= 0.3 is 6.03 Å². The Bertz CT molecular complexity index is 1040. The summed E-state index contributed by atoms with van der Waals surface area (Å²) in [4.78, 5) is 38.4. The minimum atomic E-state index is -1.32. The van der Waals surface area contributed by atoms with Crippen LogP contribution in [0.15, 0.2) is 65.3 Å². The predicted molar refractivity (Wildman–Crippen MR) is 98.9 cm³/mol. The molecule has 2 heterocycles. The Balaban J connectivity index is 1.53. The maximum atomic E-state index is 12.7. The molecule has 7 nitrogen and oxygen atoms in total. The molecule has 1 fully saturated rings. The molecule has 1 atom stereocenters. The highest BCUT2D eigenvalue weighted by Gasteiger charge is 2.51. The second kappa shape index (κ2) is 6.28. The summed E-state index contributed by atoms with van der Waals surface area (Å²) in [5, 5.41) is 7.24. The summed E-state index contributed by atoms with van der Waals surface area (Å²) in [5.74, 6) is -0.674. The zero-order valence-corrected chi connectivity index (χ0v) is 14.6. The molecule has 0 saturated carbocycles. The molecule has 136 valence electrons. The molecule has 0 spiro atoms. The molecule has 2 aromatic carbocycles. The lowest BCUT2D eigenvalue weighted by molar-refractivity contribution is -0.134. The van der Waals surface area contributed by atoms with E-state index in [2.05, 4.69) is 10.6 Å². The largest absolute Gasteiger partial charge is 0.466 e. The average molecular weight is 363 g/mol. The molecule has 3 aromatic rings. The Morgan fingerprint density at radius 1 is 1.11 bits per heavy atom. The minimum absolute atomic E-state index is 0.317. The number of amides is 4. The normalized spacial score (nSPS) is 19.4. The Morgan fingerprint density at radius 2 is 1.89 bits per heavy atom. The van der Waals surface area contributed by atoms with E-state index < -0.39 is 23.4 Å². The summed E-state index contributed by atoms with van der Waals surface area (Å²) in [6.45, 7) is 1.17. The third-order valence-electron chi connectivity index (χ3n) is 4.65. The van der Waals surface area contributed by atoms with Crippen LogP contribution in [-0.2, 0) is 15.1 Å². The van der Waals surface area contributed by atoms with Crippen LogP contribution in [-0.4, -0.2) is 29.3 Å². The quantitative estimate of drug-likeness (QED) is 0.697. The Hall–Kier alpha value is -3.61. The molecule has 1 aliphatic heterocycles. The Labute approximate surface area is 154 Å². The van der Waals surface area contributed by atoms with Gasteiger partial charge in [-0.3, -0.25) is 14.5 Å². The van der Waals surface area contributed by atoms with Gasteiger partial charge in [-0.15, -0.1) is 0 Å². The average Bonchev–Trinajstić information content (AvgIpc) is 3.27. The first kappa shape index (κ1) is 16.8. The summed E-state index contributed by atoms with van der Waals surface area (Å²) < 4.78 is 5.27. The molecule has 2 N–H and O–H groups in total. The number of benzene rings is 2. The molecule has 4 rings (SSSR count). The minimum Gasteiger partial charge on any atom is -0.466 e. The van der Waals surface area contributed by atoms with Crippen molar-refractivity contribution < 1.29 is 18.8 Å². The number of hydrogen-bond acceptors (Lipinski definition) is 4. The number of hydrogen-bond donors (Lipinski definition) is 2. The van der Waals surface area contributed by atoms with E-state index in [1.165, 1.54) is 6.26 Å². The number of nitrogens with one attached hydrogen (secondary N) is 2. The van der Waals surface area contributed by atoms with Crippen LogP contribution in [0.3, 0.4) is 0 Å². The van der Waals surface area contributed by atoms with Crippen molar-refractivity contribution in [3.63, 3.8) is 0 Å². The number of furan rings is 1. The van der Waals surface area contributed by atoms with Crippen LogP contribution in [0.25, 0.3) is 10.8 Å². The van der Waals surface area contributed by atoms with Crippen molar-refractivity contribution in [3.05, 3.63) is 66.6 Å². The van der Waals surface area contributed by atoms with Gasteiger partial charge < -0.3 is 15.1 Å². The number of carbonyl (C=O) groups excluding carboxylic acids is 3. The maximum Gasteiger partial charge on any atom is 0.325 e. The second-order valence-electron chi connectivity index (χ2n) is 6.50. The van der Waals surface area contributed by atoms with Gasteiger partial charge in [0.25, 0.3) is 5.91 Å². The molecule has 1 saturated heterocycles. The van der Waals surface area contributed by atoms with E-state index in [1.54, 1.807) is 25.1 Å². The smallest absolute Gasteiger partial charge is 0.325 e. The third-order valence-corrected chi connectivity index (χ3v) is 4.65. The van der Waals surface area contributed by atoms with Crippen molar-refractivity contribution in [2.24, 2.45) is 0 Å². The van der Waals surface area contributed by atoms with Crippen molar-refractivity contribution in [3.8, 4) is 0 Å². The van der Waals surface area contributed by atoms with Crippen LogP contribution in [0.4, 0.5) is 10.5 Å². The molecule has 1 aliphatic rings. The number of anilines is 1. The van der Waals surface area contributed by atoms with Gasteiger partial charge in [-0.05, 0) is 30.5 Å². The number of urea groups is 1. The van der Waals surface area contributed by atoms with Gasteiger partial charge in [-0.1, -0.05) is 36.4 Å². The van der Waals surface area contributed by atoms with Gasteiger partial charge in [0.05, 0.1) is 6.26 Å².